The standard InChI is InChI=1S/C36H42N6O7S/c1-5-48-33-28(9-8-16-38-33)36(49-35(44)41-21-19-40(20-22-41)27-14-17-39(18-15-27)25(2)3)29-23-26(24-37)12-13-30(29)42(34(36)43)50(45,46)32-11-7-6-10-31(32)47-4/h6-13,16,23,25,27H,5,14-15,17-22H2,1-4H3. The highest BCUT2D eigenvalue weighted by molar-refractivity contribution is 7.93. The number of nitrogens with zero attached hydrogens (tertiary/aromatic N) is 6. The lowest BCUT2D eigenvalue weighted by molar-refractivity contribution is -0.132. The Kier molecular flexibility index (Phi) is 10.0. The Labute approximate surface area is 293 Å². The lowest BCUT2D eigenvalue weighted by atomic mass is 9.87. The molecule has 2 fully saturated rings. The third-order valence-corrected chi connectivity index (χ3v) is 11.5. The number of aromatic nitrogens is 1. The first-order valence-corrected chi connectivity index (χ1v) is 18.3. The summed E-state index contributed by atoms with van der Waals surface area (Å²) in [5, 5.41) is 9.90. The molecule has 3 aliphatic rings. The number of fused-ring (bicyclic) bond motifs is 1. The fourth-order valence-electron chi connectivity index (χ4n) is 7.16. The second kappa shape index (κ2) is 14.3. The number of amides is 2. The van der Waals surface area contributed by atoms with Gasteiger partial charge in [-0.15, -0.1) is 0 Å². The van der Waals surface area contributed by atoms with Crippen LogP contribution in [0, 0.1) is 11.3 Å². The molecule has 2 saturated heterocycles. The quantitative estimate of drug-likeness (QED) is 0.319. The van der Waals surface area contributed by atoms with Gasteiger partial charge in [0.2, 0.25) is 5.88 Å². The second-order valence-corrected chi connectivity index (χ2v) is 14.5. The molecule has 1 atom stereocenters. The normalized spacial score (nSPS) is 20.4. The van der Waals surface area contributed by atoms with Crippen molar-refractivity contribution in [1.82, 2.24) is 19.7 Å². The van der Waals surface area contributed by atoms with Crippen LogP contribution in [0.1, 0.15) is 50.3 Å². The van der Waals surface area contributed by atoms with E-state index < -0.39 is 27.6 Å². The number of piperazine rings is 1. The van der Waals surface area contributed by atoms with Gasteiger partial charge in [0, 0.05) is 50.0 Å². The van der Waals surface area contributed by atoms with E-state index in [1.807, 2.05) is 0 Å². The maximum Gasteiger partial charge on any atom is 0.411 e. The van der Waals surface area contributed by atoms with Crippen LogP contribution in [-0.4, -0.2) is 105 Å². The van der Waals surface area contributed by atoms with Crippen LogP contribution < -0.4 is 13.8 Å². The highest BCUT2D eigenvalue weighted by atomic mass is 32.2. The number of hydrogen-bond donors (Lipinski definition) is 0. The topological polar surface area (TPSA) is 146 Å². The number of piperidine rings is 1. The molecule has 6 rings (SSSR count). The van der Waals surface area contributed by atoms with Gasteiger partial charge >= 0.3 is 6.09 Å². The number of para-hydroxylation sites is 1. The molecular weight excluding hydrogens is 660 g/mol. The summed E-state index contributed by atoms with van der Waals surface area (Å²) in [5.41, 5.74) is -2.28. The zero-order valence-corrected chi connectivity index (χ0v) is 29.6. The molecule has 0 saturated carbocycles. The fraction of sp³-hybridized carbons (Fsp3) is 0.444. The maximum atomic E-state index is 15.0. The molecule has 3 aliphatic heterocycles. The molecule has 13 nitrogen and oxygen atoms in total. The number of likely N-dealkylation sites (tertiary alicyclic amines) is 1. The summed E-state index contributed by atoms with van der Waals surface area (Å²) in [6.07, 6.45) is 2.76. The van der Waals surface area contributed by atoms with Gasteiger partial charge in [-0.2, -0.15) is 9.57 Å². The predicted octanol–water partition coefficient (Wildman–Crippen LogP) is 3.97. The van der Waals surface area contributed by atoms with Gasteiger partial charge < -0.3 is 24.0 Å². The summed E-state index contributed by atoms with van der Waals surface area (Å²) in [5.74, 6) is -1.07. The number of benzene rings is 2. The number of rotatable bonds is 9. The molecule has 0 radical (unpaired) electrons. The zero-order valence-electron chi connectivity index (χ0n) is 28.7. The number of anilines is 1. The number of pyridine rings is 1. The molecule has 3 aromatic rings. The Balaban J connectivity index is 1.40. The van der Waals surface area contributed by atoms with Gasteiger partial charge in [-0.1, -0.05) is 12.1 Å². The van der Waals surface area contributed by atoms with E-state index in [0.717, 1.165) is 25.9 Å². The highest BCUT2D eigenvalue weighted by Crippen LogP contribution is 2.52. The summed E-state index contributed by atoms with van der Waals surface area (Å²) in [6, 6.07) is 16.1. The van der Waals surface area contributed by atoms with E-state index in [2.05, 4.69) is 34.7 Å². The van der Waals surface area contributed by atoms with Crippen molar-refractivity contribution in [2.24, 2.45) is 0 Å². The van der Waals surface area contributed by atoms with Crippen molar-refractivity contribution in [2.75, 3.05) is 57.3 Å². The van der Waals surface area contributed by atoms with Gasteiger partial charge in [-0.05, 0) is 89.2 Å². The lowest BCUT2D eigenvalue weighted by Crippen LogP contribution is -2.56. The van der Waals surface area contributed by atoms with Crippen LogP contribution in [0.25, 0.3) is 0 Å². The van der Waals surface area contributed by atoms with Crippen molar-refractivity contribution in [3.63, 3.8) is 0 Å². The van der Waals surface area contributed by atoms with Crippen LogP contribution in [0.4, 0.5) is 10.5 Å². The fourth-order valence-corrected chi connectivity index (χ4v) is 8.78. The minimum atomic E-state index is -4.66. The van der Waals surface area contributed by atoms with Crippen molar-refractivity contribution in [2.45, 2.75) is 56.2 Å². The van der Waals surface area contributed by atoms with E-state index in [9.17, 15) is 18.5 Å². The van der Waals surface area contributed by atoms with Gasteiger partial charge in [-0.25, -0.2) is 18.2 Å². The molecule has 1 aromatic heterocycles. The number of carbonyl (C=O) groups excluding carboxylic acids is 2. The van der Waals surface area contributed by atoms with E-state index in [1.54, 1.807) is 19.1 Å². The van der Waals surface area contributed by atoms with Gasteiger partial charge in [0.25, 0.3) is 21.5 Å². The number of ether oxygens (including phenoxy) is 3. The van der Waals surface area contributed by atoms with Gasteiger partial charge in [0.15, 0.2) is 0 Å². The average molecular weight is 703 g/mol. The number of nitriles is 1. The van der Waals surface area contributed by atoms with Crippen molar-refractivity contribution >= 4 is 27.7 Å². The minimum absolute atomic E-state index is 0.00197. The molecular formula is C36H42N6O7S. The van der Waals surface area contributed by atoms with Crippen molar-refractivity contribution in [3.8, 4) is 17.7 Å². The monoisotopic (exact) mass is 702 g/mol. The van der Waals surface area contributed by atoms with E-state index >= 15 is 4.79 Å². The Morgan fingerprint density at radius 1 is 1.02 bits per heavy atom. The van der Waals surface area contributed by atoms with Gasteiger partial charge in [0.05, 0.1) is 36.6 Å². The van der Waals surface area contributed by atoms with E-state index in [1.165, 1.54) is 60.7 Å². The molecule has 14 heteroatoms. The number of carbonyl (C=O) groups is 2. The van der Waals surface area contributed by atoms with Gasteiger partial charge in [-0.3, -0.25) is 9.69 Å². The first kappa shape index (κ1) is 35.1. The number of methoxy groups -OCH3 is 1. The molecule has 4 heterocycles. The SMILES string of the molecule is CCOc1ncccc1C1(OC(=O)N2CCN(C3CCN(C(C)C)CC3)CC2)C(=O)N(S(=O)(=O)c2ccccc2OC)c2ccc(C#N)cc21. The smallest absolute Gasteiger partial charge is 0.411 e. The second-order valence-electron chi connectivity index (χ2n) is 12.8. The molecule has 0 spiro atoms. The zero-order chi connectivity index (χ0) is 35.6. The van der Waals surface area contributed by atoms with E-state index in [4.69, 9.17) is 14.2 Å². The average Bonchev–Trinajstić information content (AvgIpc) is 3.39. The van der Waals surface area contributed by atoms with Crippen LogP contribution in [0.3, 0.4) is 0 Å². The Bertz CT molecular complexity index is 1900. The molecule has 2 aromatic carbocycles. The van der Waals surface area contributed by atoms with Crippen LogP contribution in [0.15, 0.2) is 65.7 Å². The highest BCUT2D eigenvalue weighted by Gasteiger charge is 2.61. The third kappa shape index (κ3) is 6.14. The molecule has 0 aliphatic carbocycles. The van der Waals surface area contributed by atoms with Crippen LogP contribution >= 0.6 is 0 Å². The molecule has 50 heavy (non-hydrogen) atoms. The first-order valence-electron chi connectivity index (χ1n) is 16.9. The third-order valence-electron chi connectivity index (χ3n) is 9.79. The Morgan fingerprint density at radius 3 is 2.40 bits per heavy atom. The predicted molar refractivity (Wildman–Crippen MR) is 184 cm³/mol. The molecule has 264 valence electrons. The summed E-state index contributed by atoms with van der Waals surface area (Å²) < 4.78 is 47.1. The van der Waals surface area contributed by atoms with Gasteiger partial charge in [0.1, 0.15) is 10.6 Å². The molecule has 0 N–H and O–H groups in total. The van der Waals surface area contributed by atoms with Crippen molar-refractivity contribution in [3.05, 3.63) is 77.5 Å². The summed E-state index contributed by atoms with van der Waals surface area (Å²) in [7, 11) is -3.33. The number of hydrogen-bond acceptors (Lipinski definition) is 11. The van der Waals surface area contributed by atoms with Crippen LogP contribution in [-0.2, 0) is 25.2 Å². The minimum Gasteiger partial charge on any atom is -0.495 e. The number of sulfonamides is 1. The molecule has 1 unspecified atom stereocenters. The summed E-state index contributed by atoms with van der Waals surface area (Å²) >= 11 is 0. The van der Waals surface area contributed by atoms with Crippen LogP contribution in [0.5, 0.6) is 11.6 Å². The summed E-state index contributed by atoms with van der Waals surface area (Å²) in [4.78, 5) is 39.8. The Morgan fingerprint density at radius 2 is 1.74 bits per heavy atom. The maximum absolute atomic E-state index is 15.0. The molecule has 2 amide bonds. The largest absolute Gasteiger partial charge is 0.495 e. The van der Waals surface area contributed by atoms with E-state index in [-0.39, 0.29) is 45.5 Å². The lowest BCUT2D eigenvalue weighted by Gasteiger charge is -2.43. The first-order chi connectivity index (χ1) is 24.1. The Hall–Kier alpha value is -4.71. The molecule has 0 bridgehead atoms. The van der Waals surface area contributed by atoms with Crippen LogP contribution in [0.2, 0.25) is 0 Å². The summed E-state index contributed by atoms with van der Waals surface area (Å²) in [6.45, 7) is 10.3. The van der Waals surface area contributed by atoms with Crippen molar-refractivity contribution < 1.29 is 32.2 Å². The van der Waals surface area contributed by atoms with Crippen molar-refractivity contribution in [1.29, 1.82) is 5.26 Å². The van der Waals surface area contributed by atoms with E-state index in [0.29, 0.717) is 42.6 Å².